The minimum absolute atomic E-state index is 0.126. The van der Waals surface area contributed by atoms with Crippen LogP contribution in [-0.2, 0) is 11.3 Å². The summed E-state index contributed by atoms with van der Waals surface area (Å²) in [7, 11) is 0. The number of aromatic nitrogens is 5. The first kappa shape index (κ1) is 16.2. The summed E-state index contributed by atoms with van der Waals surface area (Å²) in [6.45, 7) is 4.39. The Labute approximate surface area is 142 Å². The number of benzene rings is 1. The average Bonchev–Trinajstić information content (AvgIpc) is 3.21. The molecule has 0 radical (unpaired) electrons. The van der Waals surface area contributed by atoms with Gasteiger partial charge in [0.2, 0.25) is 11.8 Å². The van der Waals surface area contributed by atoms with E-state index in [2.05, 4.69) is 25.6 Å². The molecule has 0 aliphatic heterocycles. The topological polar surface area (TPSA) is 98.7 Å². The van der Waals surface area contributed by atoms with Crippen LogP contribution < -0.4 is 5.32 Å². The molecular formula is C15H16N6O2S. The normalized spacial score (nSPS) is 10.8. The molecule has 2 aromatic heterocycles. The molecule has 124 valence electrons. The summed E-state index contributed by atoms with van der Waals surface area (Å²) in [6.07, 6.45) is 3.00. The number of amides is 1. The van der Waals surface area contributed by atoms with Crippen LogP contribution >= 0.6 is 11.8 Å². The van der Waals surface area contributed by atoms with Crippen molar-refractivity contribution >= 4 is 23.4 Å². The molecule has 9 heteroatoms. The van der Waals surface area contributed by atoms with Crippen molar-refractivity contribution < 1.29 is 9.21 Å². The fourth-order valence-electron chi connectivity index (χ4n) is 1.96. The van der Waals surface area contributed by atoms with Gasteiger partial charge in [0.15, 0.2) is 0 Å². The molecule has 1 N–H and O–H groups in total. The Hall–Kier alpha value is -2.68. The number of carbonyl (C=O) groups excluding carboxylic acids is 1. The Morgan fingerprint density at radius 3 is 2.92 bits per heavy atom. The average molecular weight is 344 g/mol. The van der Waals surface area contributed by atoms with Gasteiger partial charge < -0.3 is 9.73 Å². The third-order valence-electron chi connectivity index (χ3n) is 3.33. The van der Waals surface area contributed by atoms with Gasteiger partial charge in [-0.05, 0) is 37.1 Å². The summed E-state index contributed by atoms with van der Waals surface area (Å²) in [4.78, 5) is 15.8. The summed E-state index contributed by atoms with van der Waals surface area (Å²) in [5.41, 5.74) is 3.10. The van der Waals surface area contributed by atoms with Crippen molar-refractivity contribution in [3.05, 3.63) is 47.9 Å². The van der Waals surface area contributed by atoms with Gasteiger partial charge in [0.25, 0.3) is 5.22 Å². The van der Waals surface area contributed by atoms with Crippen LogP contribution in [-0.4, -0.2) is 36.6 Å². The molecule has 0 aliphatic carbocycles. The Morgan fingerprint density at radius 1 is 1.29 bits per heavy atom. The van der Waals surface area contributed by atoms with Crippen molar-refractivity contribution in [3.8, 4) is 0 Å². The van der Waals surface area contributed by atoms with E-state index in [4.69, 9.17) is 4.42 Å². The maximum absolute atomic E-state index is 12.0. The minimum Gasteiger partial charge on any atom is -0.414 e. The molecule has 1 aromatic carbocycles. The van der Waals surface area contributed by atoms with Crippen molar-refractivity contribution in [1.29, 1.82) is 0 Å². The Morgan fingerprint density at radius 2 is 2.17 bits per heavy atom. The maximum Gasteiger partial charge on any atom is 0.277 e. The monoisotopic (exact) mass is 344 g/mol. The van der Waals surface area contributed by atoms with Gasteiger partial charge in [-0.2, -0.15) is 5.10 Å². The molecule has 0 bridgehead atoms. The second-order valence-electron chi connectivity index (χ2n) is 5.19. The van der Waals surface area contributed by atoms with Crippen molar-refractivity contribution in [2.24, 2.45) is 0 Å². The molecule has 0 saturated carbocycles. The fraction of sp³-hybridized carbons (Fsp3) is 0.267. The largest absolute Gasteiger partial charge is 0.414 e. The minimum atomic E-state index is -0.126. The van der Waals surface area contributed by atoms with E-state index in [1.54, 1.807) is 11.0 Å². The van der Waals surface area contributed by atoms with Crippen LogP contribution in [0.1, 0.15) is 17.0 Å². The van der Waals surface area contributed by atoms with Crippen LogP contribution in [0.25, 0.3) is 0 Å². The lowest BCUT2D eigenvalue weighted by Gasteiger charge is -2.06. The highest BCUT2D eigenvalue weighted by molar-refractivity contribution is 7.99. The van der Waals surface area contributed by atoms with E-state index in [9.17, 15) is 4.79 Å². The number of rotatable bonds is 6. The summed E-state index contributed by atoms with van der Waals surface area (Å²) >= 11 is 1.19. The Balaban J connectivity index is 1.51. The summed E-state index contributed by atoms with van der Waals surface area (Å²) in [5, 5.41) is 15.0. The number of aryl methyl sites for hydroxylation is 2. The molecule has 24 heavy (non-hydrogen) atoms. The first-order valence-electron chi connectivity index (χ1n) is 7.25. The number of hydrogen-bond donors (Lipinski definition) is 1. The second kappa shape index (κ2) is 7.26. The fourth-order valence-corrected chi connectivity index (χ4v) is 2.54. The predicted octanol–water partition coefficient (Wildman–Crippen LogP) is 2.06. The van der Waals surface area contributed by atoms with Gasteiger partial charge in [0, 0.05) is 5.69 Å². The zero-order chi connectivity index (χ0) is 16.9. The smallest absolute Gasteiger partial charge is 0.277 e. The van der Waals surface area contributed by atoms with Crippen molar-refractivity contribution in [3.63, 3.8) is 0 Å². The van der Waals surface area contributed by atoms with Crippen molar-refractivity contribution in [1.82, 2.24) is 25.0 Å². The third-order valence-corrected chi connectivity index (χ3v) is 4.15. The van der Waals surface area contributed by atoms with Gasteiger partial charge in [0.1, 0.15) is 19.2 Å². The molecule has 8 nitrogen and oxygen atoms in total. The van der Waals surface area contributed by atoms with Gasteiger partial charge in [-0.3, -0.25) is 4.79 Å². The van der Waals surface area contributed by atoms with Crippen LogP contribution in [0.3, 0.4) is 0 Å². The molecule has 0 aliphatic rings. The maximum atomic E-state index is 12.0. The van der Waals surface area contributed by atoms with E-state index in [0.29, 0.717) is 17.7 Å². The first-order valence-corrected chi connectivity index (χ1v) is 8.23. The molecule has 0 fully saturated rings. The van der Waals surface area contributed by atoms with Gasteiger partial charge in [-0.25, -0.2) is 9.67 Å². The molecule has 3 rings (SSSR count). The van der Waals surface area contributed by atoms with Crippen molar-refractivity contribution in [2.45, 2.75) is 25.6 Å². The van der Waals surface area contributed by atoms with E-state index in [1.807, 2.05) is 32.0 Å². The first-order chi connectivity index (χ1) is 11.6. The second-order valence-corrected chi connectivity index (χ2v) is 6.12. The number of carbonyl (C=O) groups is 1. The van der Waals surface area contributed by atoms with E-state index in [0.717, 1.165) is 11.3 Å². The van der Waals surface area contributed by atoms with Crippen LogP contribution in [0.4, 0.5) is 5.69 Å². The SMILES string of the molecule is Cc1ccc(NC(=O)CSc2nnc(Cn3cncn3)o2)cc1C. The number of anilines is 1. The molecular weight excluding hydrogens is 328 g/mol. The van der Waals surface area contributed by atoms with Crippen LogP contribution in [0.5, 0.6) is 0 Å². The highest BCUT2D eigenvalue weighted by Gasteiger charge is 2.11. The lowest BCUT2D eigenvalue weighted by molar-refractivity contribution is -0.113. The zero-order valence-electron chi connectivity index (χ0n) is 13.3. The quantitative estimate of drug-likeness (QED) is 0.683. The van der Waals surface area contributed by atoms with Crippen molar-refractivity contribution in [2.75, 3.05) is 11.1 Å². The van der Waals surface area contributed by atoms with Gasteiger partial charge in [-0.1, -0.05) is 17.8 Å². The van der Waals surface area contributed by atoms with Gasteiger partial charge >= 0.3 is 0 Å². The predicted molar refractivity (Wildman–Crippen MR) is 88.7 cm³/mol. The number of nitrogens with one attached hydrogen (secondary N) is 1. The third kappa shape index (κ3) is 4.19. The van der Waals surface area contributed by atoms with Gasteiger partial charge in [-0.15, -0.1) is 10.2 Å². The highest BCUT2D eigenvalue weighted by atomic mass is 32.2. The lowest BCUT2D eigenvalue weighted by atomic mass is 10.1. The molecule has 2 heterocycles. The summed E-state index contributed by atoms with van der Waals surface area (Å²) in [5.74, 6) is 0.481. The molecule has 1 amide bonds. The van der Waals surface area contributed by atoms with E-state index < -0.39 is 0 Å². The Bertz CT molecular complexity index is 830. The summed E-state index contributed by atoms with van der Waals surface area (Å²) < 4.78 is 7.04. The van der Waals surface area contributed by atoms with Crippen LogP contribution in [0.2, 0.25) is 0 Å². The summed E-state index contributed by atoms with van der Waals surface area (Å²) in [6, 6.07) is 5.81. The number of thioether (sulfide) groups is 1. The van der Waals surface area contributed by atoms with Crippen LogP contribution in [0.15, 0.2) is 40.5 Å². The molecule has 0 spiro atoms. The Kier molecular flexibility index (Phi) is 4.90. The van der Waals surface area contributed by atoms with E-state index >= 15 is 0 Å². The van der Waals surface area contributed by atoms with E-state index in [-0.39, 0.29) is 11.7 Å². The zero-order valence-corrected chi connectivity index (χ0v) is 14.1. The molecule has 3 aromatic rings. The molecule has 0 saturated heterocycles. The van der Waals surface area contributed by atoms with Gasteiger partial charge in [0.05, 0.1) is 5.75 Å². The molecule has 0 atom stereocenters. The highest BCUT2D eigenvalue weighted by Crippen LogP contribution is 2.18. The lowest BCUT2D eigenvalue weighted by Crippen LogP contribution is -2.14. The number of nitrogens with zero attached hydrogens (tertiary/aromatic N) is 5. The molecule has 0 unspecified atom stereocenters. The van der Waals surface area contributed by atoms with Crippen LogP contribution in [0, 0.1) is 13.8 Å². The van der Waals surface area contributed by atoms with E-state index in [1.165, 1.54) is 23.7 Å². The standard InChI is InChI=1S/C15H16N6O2S/c1-10-3-4-12(5-11(10)2)18-13(22)7-24-15-20-19-14(23-15)6-21-9-16-8-17-21/h3-5,8-9H,6-7H2,1-2H3,(H,18,22). The number of hydrogen-bond acceptors (Lipinski definition) is 7.